The SMILES string of the molecule is CC(C)c1nc(CC(=O)Nc2ccc(Cl)c3ncccc23)cs1. The van der Waals surface area contributed by atoms with E-state index in [0.29, 0.717) is 22.1 Å². The highest BCUT2D eigenvalue weighted by Gasteiger charge is 2.12. The maximum atomic E-state index is 12.3. The van der Waals surface area contributed by atoms with Crippen molar-refractivity contribution in [1.82, 2.24) is 9.97 Å². The minimum absolute atomic E-state index is 0.0990. The summed E-state index contributed by atoms with van der Waals surface area (Å²) < 4.78 is 0. The Kier molecular flexibility index (Phi) is 4.59. The zero-order valence-corrected chi connectivity index (χ0v) is 14.4. The van der Waals surface area contributed by atoms with Gasteiger partial charge in [0.15, 0.2) is 0 Å². The van der Waals surface area contributed by atoms with Gasteiger partial charge in [-0.2, -0.15) is 0 Å². The van der Waals surface area contributed by atoms with Crippen molar-refractivity contribution in [2.75, 3.05) is 5.32 Å². The van der Waals surface area contributed by atoms with Crippen LogP contribution < -0.4 is 5.32 Å². The van der Waals surface area contributed by atoms with Gasteiger partial charge >= 0.3 is 0 Å². The molecule has 4 nitrogen and oxygen atoms in total. The molecule has 0 aliphatic heterocycles. The Labute approximate surface area is 143 Å². The maximum Gasteiger partial charge on any atom is 0.230 e. The van der Waals surface area contributed by atoms with Crippen molar-refractivity contribution < 1.29 is 4.79 Å². The second kappa shape index (κ2) is 6.64. The lowest BCUT2D eigenvalue weighted by atomic mass is 10.1. The normalized spacial score (nSPS) is 11.1. The minimum Gasteiger partial charge on any atom is -0.325 e. The van der Waals surface area contributed by atoms with E-state index < -0.39 is 0 Å². The van der Waals surface area contributed by atoms with E-state index in [0.717, 1.165) is 16.1 Å². The van der Waals surface area contributed by atoms with E-state index in [2.05, 4.69) is 29.1 Å². The van der Waals surface area contributed by atoms with Gasteiger partial charge in [0, 0.05) is 22.9 Å². The van der Waals surface area contributed by atoms with Crippen molar-refractivity contribution in [3.05, 3.63) is 51.6 Å². The Morgan fingerprint density at radius 1 is 1.35 bits per heavy atom. The molecule has 0 aliphatic rings. The number of benzene rings is 1. The second-order valence-corrected chi connectivity index (χ2v) is 6.85. The number of hydrogen-bond acceptors (Lipinski definition) is 4. The first kappa shape index (κ1) is 15.9. The van der Waals surface area contributed by atoms with E-state index in [1.165, 1.54) is 0 Å². The molecule has 2 heterocycles. The molecule has 0 saturated heterocycles. The van der Waals surface area contributed by atoms with Gasteiger partial charge in [0.25, 0.3) is 0 Å². The van der Waals surface area contributed by atoms with Gasteiger partial charge in [0.2, 0.25) is 5.91 Å². The third-order valence-corrected chi connectivity index (χ3v) is 4.90. The molecule has 6 heteroatoms. The number of nitrogens with one attached hydrogen (secondary N) is 1. The lowest BCUT2D eigenvalue weighted by Crippen LogP contribution is -2.15. The highest BCUT2D eigenvalue weighted by molar-refractivity contribution is 7.09. The molecule has 0 spiro atoms. The van der Waals surface area contributed by atoms with Gasteiger partial charge in [-0.3, -0.25) is 9.78 Å². The topological polar surface area (TPSA) is 54.9 Å². The Hall–Kier alpha value is -1.98. The molecule has 3 rings (SSSR count). The summed E-state index contributed by atoms with van der Waals surface area (Å²) in [6, 6.07) is 7.25. The number of pyridine rings is 1. The molecule has 118 valence electrons. The molecule has 0 unspecified atom stereocenters. The summed E-state index contributed by atoms with van der Waals surface area (Å²) in [7, 11) is 0. The van der Waals surface area contributed by atoms with Crippen LogP contribution in [0.5, 0.6) is 0 Å². The lowest BCUT2D eigenvalue weighted by Gasteiger charge is -2.08. The van der Waals surface area contributed by atoms with Gasteiger partial charge in [0.05, 0.1) is 33.3 Å². The van der Waals surface area contributed by atoms with Gasteiger partial charge in [-0.15, -0.1) is 11.3 Å². The number of carbonyl (C=O) groups excluding carboxylic acids is 1. The first-order chi connectivity index (χ1) is 11.0. The number of anilines is 1. The molecule has 0 saturated carbocycles. The molecule has 3 aromatic rings. The van der Waals surface area contributed by atoms with E-state index in [-0.39, 0.29) is 12.3 Å². The summed E-state index contributed by atoms with van der Waals surface area (Å²) in [5, 5.41) is 7.31. The van der Waals surface area contributed by atoms with Crippen LogP contribution in [-0.2, 0) is 11.2 Å². The molecule has 0 aliphatic carbocycles. The second-order valence-electron chi connectivity index (χ2n) is 5.55. The number of fused-ring (bicyclic) bond motifs is 1. The standard InChI is InChI=1S/C17H16ClN3OS/c1-10(2)17-20-11(9-23-17)8-15(22)21-14-6-5-13(18)16-12(14)4-3-7-19-16/h3-7,9-10H,8H2,1-2H3,(H,21,22). The molecule has 1 aromatic carbocycles. The number of carbonyl (C=O) groups is 1. The van der Waals surface area contributed by atoms with Crippen LogP contribution in [0.3, 0.4) is 0 Å². The van der Waals surface area contributed by atoms with E-state index in [1.807, 2.05) is 17.5 Å². The average Bonchev–Trinajstić information content (AvgIpc) is 2.99. The monoisotopic (exact) mass is 345 g/mol. The van der Waals surface area contributed by atoms with Gasteiger partial charge < -0.3 is 5.32 Å². The molecule has 1 N–H and O–H groups in total. The summed E-state index contributed by atoms with van der Waals surface area (Å²) in [4.78, 5) is 21.0. The average molecular weight is 346 g/mol. The van der Waals surface area contributed by atoms with E-state index in [4.69, 9.17) is 11.6 Å². The Balaban J connectivity index is 1.79. The molecule has 2 aromatic heterocycles. The summed E-state index contributed by atoms with van der Waals surface area (Å²) in [5.41, 5.74) is 2.19. The Morgan fingerprint density at radius 2 is 2.17 bits per heavy atom. The molecular formula is C17H16ClN3OS. The van der Waals surface area contributed by atoms with E-state index >= 15 is 0 Å². The predicted octanol–water partition coefficient (Wildman–Crippen LogP) is 4.65. The van der Waals surface area contributed by atoms with Crippen LogP contribution in [0.2, 0.25) is 5.02 Å². The van der Waals surface area contributed by atoms with Crippen LogP contribution >= 0.6 is 22.9 Å². The van der Waals surface area contributed by atoms with Crippen molar-refractivity contribution in [3.8, 4) is 0 Å². The Morgan fingerprint density at radius 3 is 2.91 bits per heavy atom. The van der Waals surface area contributed by atoms with Gasteiger partial charge in [-0.05, 0) is 24.3 Å². The van der Waals surface area contributed by atoms with Crippen LogP contribution in [-0.4, -0.2) is 15.9 Å². The van der Waals surface area contributed by atoms with E-state index in [1.54, 1.807) is 29.7 Å². The molecular weight excluding hydrogens is 330 g/mol. The summed E-state index contributed by atoms with van der Waals surface area (Å²) >= 11 is 7.74. The number of amides is 1. The van der Waals surface area contributed by atoms with Gasteiger partial charge in [0.1, 0.15) is 0 Å². The van der Waals surface area contributed by atoms with Gasteiger partial charge in [-0.1, -0.05) is 25.4 Å². The molecule has 0 bridgehead atoms. The maximum absolute atomic E-state index is 12.3. The highest BCUT2D eigenvalue weighted by Crippen LogP contribution is 2.28. The first-order valence-electron chi connectivity index (χ1n) is 7.32. The fourth-order valence-corrected chi connectivity index (χ4v) is 3.32. The largest absolute Gasteiger partial charge is 0.325 e. The van der Waals surface area contributed by atoms with Crippen LogP contribution in [0.4, 0.5) is 5.69 Å². The Bertz CT molecular complexity index is 860. The number of halogens is 1. The molecule has 0 atom stereocenters. The lowest BCUT2D eigenvalue weighted by molar-refractivity contribution is -0.115. The van der Waals surface area contributed by atoms with Crippen molar-refractivity contribution in [2.24, 2.45) is 0 Å². The first-order valence-corrected chi connectivity index (χ1v) is 8.57. The van der Waals surface area contributed by atoms with Crippen molar-refractivity contribution in [2.45, 2.75) is 26.2 Å². The number of hydrogen-bond donors (Lipinski definition) is 1. The summed E-state index contributed by atoms with van der Waals surface area (Å²) in [5.74, 6) is 0.279. The zero-order valence-electron chi connectivity index (χ0n) is 12.8. The predicted molar refractivity (Wildman–Crippen MR) is 95.3 cm³/mol. The van der Waals surface area contributed by atoms with Crippen molar-refractivity contribution in [3.63, 3.8) is 0 Å². The fraction of sp³-hybridized carbons (Fsp3) is 0.235. The summed E-state index contributed by atoms with van der Waals surface area (Å²) in [6.07, 6.45) is 1.94. The molecule has 0 fully saturated rings. The number of thiazole rings is 1. The highest BCUT2D eigenvalue weighted by atomic mass is 35.5. The van der Waals surface area contributed by atoms with Gasteiger partial charge in [-0.25, -0.2) is 4.98 Å². The number of nitrogens with zero attached hydrogens (tertiary/aromatic N) is 2. The van der Waals surface area contributed by atoms with Crippen LogP contribution in [0.15, 0.2) is 35.8 Å². The van der Waals surface area contributed by atoms with E-state index in [9.17, 15) is 4.79 Å². The van der Waals surface area contributed by atoms with Crippen molar-refractivity contribution >= 4 is 45.4 Å². The number of aromatic nitrogens is 2. The van der Waals surface area contributed by atoms with Crippen LogP contribution in [0.25, 0.3) is 10.9 Å². The molecule has 0 radical (unpaired) electrons. The zero-order chi connectivity index (χ0) is 16.4. The molecule has 23 heavy (non-hydrogen) atoms. The smallest absolute Gasteiger partial charge is 0.230 e. The third kappa shape index (κ3) is 3.51. The van der Waals surface area contributed by atoms with Crippen molar-refractivity contribution in [1.29, 1.82) is 0 Å². The summed E-state index contributed by atoms with van der Waals surface area (Å²) in [6.45, 7) is 4.19. The van der Waals surface area contributed by atoms with Crippen LogP contribution in [0.1, 0.15) is 30.5 Å². The number of rotatable bonds is 4. The molecule has 1 amide bonds. The van der Waals surface area contributed by atoms with Crippen LogP contribution in [0, 0.1) is 0 Å². The minimum atomic E-state index is -0.0990. The third-order valence-electron chi connectivity index (χ3n) is 3.40. The quantitative estimate of drug-likeness (QED) is 0.748. The fourth-order valence-electron chi connectivity index (χ4n) is 2.28.